The number of nitrogens with zero attached hydrogens (tertiary/aromatic N) is 2. The van der Waals surface area contributed by atoms with Crippen LogP contribution in [0.4, 0.5) is 11.4 Å². The zero-order valence-corrected chi connectivity index (χ0v) is 20.0. The van der Waals surface area contributed by atoms with E-state index in [0.29, 0.717) is 34.9 Å². The van der Waals surface area contributed by atoms with Crippen LogP contribution < -0.4 is 19.1 Å². The minimum Gasteiger partial charge on any atom is -0.454 e. The highest BCUT2D eigenvalue weighted by Crippen LogP contribution is 2.36. The van der Waals surface area contributed by atoms with E-state index >= 15 is 0 Å². The number of hydrogen-bond acceptors (Lipinski definition) is 6. The molecule has 10 heteroatoms. The first-order chi connectivity index (χ1) is 16.3. The zero-order chi connectivity index (χ0) is 24.1. The van der Waals surface area contributed by atoms with Gasteiger partial charge >= 0.3 is 0 Å². The van der Waals surface area contributed by atoms with Crippen molar-refractivity contribution in [1.29, 1.82) is 0 Å². The van der Waals surface area contributed by atoms with Gasteiger partial charge in [-0.15, -0.1) is 0 Å². The molecule has 4 rings (SSSR count). The smallest absolute Gasteiger partial charge is 0.255 e. The summed E-state index contributed by atoms with van der Waals surface area (Å²) < 4.78 is 36.6. The number of para-hydroxylation sites is 1. The molecule has 1 saturated heterocycles. The Kier molecular flexibility index (Phi) is 7.26. The van der Waals surface area contributed by atoms with Crippen molar-refractivity contribution in [2.75, 3.05) is 42.3 Å². The van der Waals surface area contributed by atoms with Crippen molar-refractivity contribution in [3.8, 4) is 11.5 Å². The number of piperidine rings is 1. The van der Waals surface area contributed by atoms with Crippen molar-refractivity contribution in [2.24, 2.45) is 0 Å². The summed E-state index contributed by atoms with van der Waals surface area (Å²) >= 11 is 0. The lowest BCUT2D eigenvalue weighted by Crippen LogP contribution is -2.36. The van der Waals surface area contributed by atoms with Crippen molar-refractivity contribution >= 4 is 33.2 Å². The van der Waals surface area contributed by atoms with Crippen LogP contribution in [0.3, 0.4) is 0 Å². The highest BCUT2D eigenvalue weighted by atomic mass is 32.2. The zero-order valence-electron chi connectivity index (χ0n) is 19.2. The molecule has 0 aliphatic carbocycles. The molecule has 0 atom stereocenters. The predicted octanol–water partition coefficient (Wildman–Crippen LogP) is 3.23. The second-order valence-corrected chi connectivity index (χ2v) is 10.3. The summed E-state index contributed by atoms with van der Waals surface area (Å²) in [7, 11) is -3.57. The van der Waals surface area contributed by atoms with Crippen molar-refractivity contribution < 1.29 is 27.5 Å². The lowest BCUT2D eigenvalue weighted by molar-refractivity contribution is -0.116. The average molecular weight is 488 g/mol. The van der Waals surface area contributed by atoms with Crippen LogP contribution in [0, 0.1) is 0 Å². The standard InChI is InChI=1S/C24H29N3O6S/c1-34(30,31)27(18-11-12-21-22(16-18)33-17-32-21)15-7-10-23(28)25-20-9-4-3-8-19(20)24(29)26-13-5-2-6-14-26/h3-4,8-9,11-12,16H,2,5-7,10,13-15,17H2,1H3,(H,25,28). The van der Waals surface area contributed by atoms with Crippen LogP contribution in [-0.4, -0.2) is 57.8 Å². The average Bonchev–Trinajstić information content (AvgIpc) is 3.29. The molecule has 2 aliphatic heterocycles. The lowest BCUT2D eigenvalue weighted by Gasteiger charge is -2.27. The van der Waals surface area contributed by atoms with Crippen LogP contribution in [0.25, 0.3) is 0 Å². The van der Waals surface area contributed by atoms with E-state index < -0.39 is 10.0 Å². The summed E-state index contributed by atoms with van der Waals surface area (Å²) in [5.41, 5.74) is 1.39. The number of rotatable bonds is 8. The maximum atomic E-state index is 12.9. The molecule has 0 bridgehead atoms. The highest BCUT2D eigenvalue weighted by molar-refractivity contribution is 7.92. The van der Waals surface area contributed by atoms with Crippen LogP contribution in [0.2, 0.25) is 0 Å². The Balaban J connectivity index is 1.38. The molecular weight excluding hydrogens is 458 g/mol. The van der Waals surface area contributed by atoms with E-state index in [0.717, 1.165) is 38.6 Å². The monoisotopic (exact) mass is 487 g/mol. The van der Waals surface area contributed by atoms with Gasteiger partial charge in [-0.2, -0.15) is 0 Å². The quantitative estimate of drug-likeness (QED) is 0.613. The summed E-state index contributed by atoms with van der Waals surface area (Å²) in [6.07, 6.45) is 4.62. The van der Waals surface area contributed by atoms with Gasteiger partial charge in [0.1, 0.15) is 0 Å². The van der Waals surface area contributed by atoms with Crippen molar-refractivity contribution in [3.05, 3.63) is 48.0 Å². The first-order valence-electron chi connectivity index (χ1n) is 11.4. The van der Waals surface area contributed by atoms with Gasteiger partial charge in [0, 0.05) is 32.1 Å². The summed E-state index contributed by atoms with van der Waals surface area (Å²) in [6, 6.07) is 11.9. The van der Waals surface area contributed by atoms with E-state index in [1.54, 1.807) is 42.5 Å². The maximum absolute atomic E-state index is 12.9. The van der Waals surface area contributed by atoms with Gasteiger partial charge in [0.25, 0.3) is 5.91 Å². The number of ether oxygens (including phenoxy) is 2. The summed E-state index contributed by atoms with van der Waals surface area (Å²) in [4.78, 5) is 27.4. The minimum absolute atomic E-state index is 0.0818. The van der Waals surface area contributed by atoms with E-state index in [9.17, 15) is 18.0 Å². The molecule has 2 amide bonds. The number of hydrogen-bond donors (Lipinski definition) is 1. The number of likely N-dealkylation sites (tertiary alicyclic amines) is 1. The molecule has 2 aliphatic rings. The molecule has 34 heavy (non-hydrogen) atoms. The molecule has 2 aromatic carbocycles. The molecule has 0 unspecified atom stereocenters. The van der Waals surface area contributed by atoms with Gasteiger partial charge in [0.2, 0.25) is 22.7 Å². The Morgan fingerprint density at radius 3 is 2.53 bits per heavy atom. The number of amides is 2. The van der Waals surface area contributed by atoms with Gasteiger partial charge in [-0.25, -0.2) is 8.42 Å². The van der Waals surface area contributed by atoms with Gasteiger partial charge in [-0.3, -0.25) is 13.9 Å². The van der Waals surface area contributed by atoms with Gasteiger partial charge in [0.15, 0.2) is 11.5 Å². The third-order valence-electron chi connectivity index (χ3n) is 5.88. The molecule has 1 fully saturated rings. The van der Waals surface area contributed by atoms with E-state index in [2.05, 4.69) is 5.32 Å². The Morgan fingerprint density at radius 2 is 1.76 bits per heavy atom. The number of benzene rings is 2. The van der Waals surface area contributed by atoms with Crippen LogP contribution in [-0.2, 0) is 14.8 Å². The molecular formula is C24H29N3O6S. The molecule has 2 heterocycles. The number of carbonyl (C=O) groups excluding carboxylic acids is 2. The second kappa shape index (κ2) is 10.3. The fraction of sp³-hybridized carbons (Fsp3) is 0.417. The highest BCUT2D eigenvalue weighted by Gasteiger charge is 2.23. The summed E-state index contributed by atoms with van der Waals surface area (Å²) in [5.74, 6) is 0.688. The van der Waals surface area contributed by atoms with E-state index in [1.165, 1.54) is 4.31 Å². The van der Waals surface area contributed by atoms with Gasteiger partial charge in [-0.05, 0) is 49.9 Å². The Bertz CT molecular complexity index is 1160. The Hall–Kier alpha value is -3.27. The van der Waals surface area contributed by atoms with E-state index in [4.69, 9.17) is 9.47 Å². The predicted molar refractivity (Wildman–Crippen MR) is 129 cm³/mol. The van der Waals surface area contributed by atoms with E-state index in [-0.39, 0.29) is 31.6 Å². The SMILES string of the molecule is CS(=O)(=O)N(CCCC(=O)Nc1ccccc1C(=O)N1CCCCC1)c1ccc2c(c1)OCO2. The molecule has 9 nitrogen and oxygen atoms in total. The van der Waals surface area contributed by atoms with Crippen molar-refractivity contribution in [3.63, 3.8) is 0 Å². The molecule has 0 aromatic heterocycles. The molecule has 2 aromatic rings. The summed E-state index contributed by atoms with van der Waals surface area (Å²) in [6.45, 7) is 1.67. The van der Waals surface area contributed by atoms with E-state index in [1.807, 2.05) is 4.90 Å². The Labute approximate surface area is 199 Å². The number of carbonyl (C=O) groups is 2. The molecule has 0 saturated carbocycles. The van der Waals surface area contributed by atoms with Gasteiger partial charge < -0.3 is 19.7 Å². The first-order valence-corrected chi connectivity index (χ1v) is 13.2. The maximum Gasteiger partial charge on any atom is 0.255 e. The number of sulfonamides is 1. The number of fused-ring (bicyclic) bond motifs is 1. The van der Waals surface area contributed by atoms with Crippen LogP contribution in [0.1, 0.15) is 42.5 Å². The topological polar surface area (TPSA) is 105 Å². The molecule has 0 radical (unpaired) electrons. The normalized spacial score (nSPS) is 15.1. The molecule has 1 N–H and O–H groups in total. The Morgan fingerprint density at radius 1 is 1.03 bits per heavy atom. The lowest BCUT2D eigenvalue weighted by atomic mass is 10.1. The number of nitrogens with one attached hydrogen (secondary N) is 1. The van der Waals surface area contributed by atoms with Crippen LogP contribution in [0.5, 0.6) is 11.5 Å². The summed E-state index contributed by atoms with van der Waals surface area (Å²) in [5, 5.41) is 2.83. The minimum atomic E-state index is -3.57. The number of anilines is 2. The molecule has 182 valence electrons. The van der Waals surface area contributed by atoms with Crippen molar-refractivity contribution in [2.45, 2.75) is 32.1 Å². The van der Waals surface area contributed by atoms with Crippen LogP contribution in [0.15, 0.2) is 42.5 Å². The molecule has 0 spiro atoms. The second-order valence-electron chi connectivity index (χ2n) is 8.42. The largest absolute Gasteiger partial charge is 0.454 e. The van der Waals surface area contributed by atoms with Gasteiger partial charge in [0.05, 0.1) is 23.2 Å². The van der Waals surface area contributed by atoms with Gasteiger partial charge in [-0.1, -0.05) is 12.1 Å². The first kappa shape index (κ1) is 23.9. The fourth-order valence-electron chi connectivity index (χ4n) is 4.17. The third-order valence-corrected chi connectivity index (χ3v) is 7.08. The van der Waals surface area contributed by atoms with Crippen molar-refractivity contribution in [1.82, 2.24) is 4.90 Å². The van der Waals surface area contributed by atoms with Crippen LogP contribution >= 0.6 is 0 Å². The fourth-order valence-corrected chi connectivity index (χ4v) is 5.13. The third kappa shape index (κ3) is 5.61.